The van der Waals surface area contributed by atoms with Crippen LogP contribution in [0.15, 0.2) is 0 Å². The maximum absolute atomic E-state index is 12.2. The van der Waals surface area contributed by atoms with Crippen molar-refractivity contribution in [1.82, 2.24) is 4.90 Å². The molecule has 0 aromatic carbocycles. The average Bonchev–Trinajstić information content (AvgIpc) is 2.42. The molecule has 2 fully saturated rings. The van der Waals surface area contributed by atoms with E-state index in [2.05, 4.69) is 4.74 Å². The molecule has 1 aliphatic carbocycles. The van der Waals surface area contributed by atoms with Gasteiger partial charge in [0.05, 0.1) is 13.7 Å². The SMILES string of the molecule is COC(=O)C(O)CN1C(=O)CC2(CCCCC2)CC1=O. The van der Waals surface area contributed by atoms with Gasteiger partial charge in [0.25, 0.3) is 0 Å². The predicted octanol–water partition coefficient (Wildman–Crippen LogP) is 0.620. The number of esters is 1. The molecular weight excluding hydrogens is 262 g/mol. The Morgan fingerprint density at radius 1 is 1.25 bits per heavy atom. The second-order valence-corrected chi connectivity index (χ2v) is 5.85. The summed E-state index contributed by atoms with van der Waals surface area (Å²) >= 11 is 0. The number of likely N-dealkylation sites (tertiary alicyclic amines) is 1. The van der Waals surface area contributed by atoms with Crippen molar-refractivity contribution in [2.45, 2.75) is 51.0 Å². The Morgan fingerprint density at radius 3 is 2.30 bits per heavy atom. The monoisotopic (exact) mass is 283 g/mol. The highest BCUT2D eigenvalue weighted by Crippen LogP contribution is 2.45. The van der Waals surface area contributed by atoms with Crippen molar-refractivity contribution >= 4 is 17.8 Å². The predicted molar refractivity (Wildman–Crippen MR) is 69.5 cm³/mol. The van der Waals surface area contributed by atoms with Gasteiger partial charge in [-0.3, -0.25) is 14.5 Å². The van der Waals surface area contributed by atoms with Crippen LogP contribution in [0.2, 0.25) is 0 Å². The minimum absolute atomic E-state index is 0.181. The van der Waals surface area contributed by atoms with E-state index in [1.165, 1.54) is 0 Å². The number of amides is 2. The van der Waals surface area contributed by atoms with Crippen molar-refractivity contribution in [1.29, 1.82) is 0 Å². The first kappa shape index (κ1) is 15.0. The molecule has 1 spiro atoms. The summed E-state index contributed by atoms with van der Waals surface area (Å²) in [5.74, 6) is -1.40. The van der Waals surface area contributed by atoms with E-state index in [0.717, 1.165) is 44.1 Å². The Bertz CT molecular complexity index is 394. The smallest absolute Gasteiger partial charge is 0.336 e. The first-order chi connectivity index (χ1) is 9.47. The largest absolute Gasteiger partial charge is 0.467 e. The van der Waals surface area contributed by atoms with E-state index < -0.39 is 12.1 Å². The van der Waals surface area contributed by atoms with Gasteiger partial charge in [-0.2, -0.15) is 0 Å². The lowest BCUT2D eigenvalue weighted by Crippen LogP contribution is -2.52. The Hall–Kier alpha value is -1.43. The summed E-state index contributed by atoms with van der Waals surface area (Å²) in [6, 6.07) is 0. The standard InChI is InChI=1S/C14H21NO5/c1-20-13(19)10(16)9-15-11(17)7-14(8-12(15)18)5-3-2-4-6-14/h10,16H,2-9H2,1H3. The molecule has 1 atom stereocenters. The number of piperidine rings is 1. The zero-order valence-electron chi connectivity index (χ0n) is 11.8. The van der Waals surface area contributed by atoms with Crippen LogP contribution in [0.5, 0.6) is 0 Å². The third-order valence-electron chi connectivity index (χ3n) is 4.40. The van der Waals surface area contributed by atoms with Crippen molar-refractivity contribution in [3.63, 3.8) is 0 Å². The Balaban J connectivity index is 2.02. The molecule has 6 heteroatoms. The fraction of sp³-hybridized carbons (Fsp3) is 0.786. The summed E-state index contributed by atoms with van der Waals surface area (Å²) in [5, 5.41) is 9.59. The molecule has 112 valence electrons. The molecule has 6 nitrogen and oxygen atoms in total. The molecule has 0 radical (unpaired) electrons. The number of aliphatic hydroxyl groups excluding tert-OH is 1. The average molecular weight is 283 g/mol. The number of imide groups is 1. The number of carbonyl (C=O) groups excluding carboxylic acids is 3. The van der Waals surface area contributed by atoms with Crippen LogP contribution in [0.25, 0.3) is 0 Å². The minimum Gasteiger partial charge on any atom is -0.467 e. The van der Waals surface area contributed by atoms with Gasteiger partial charge in [-0.25, -0.2) is 4.79 Å². The normalized spacial score (nSPS) is 23.8. The van der Waals surface area contributed by atoms with Gasteiger partial charge in [-0.15, -0.1) is 0 Å². The van der Waals surface area contributed by atoms with Crippen molar-refractivity contribution in [3.8, 4) is 0 Å². The van der Waals surface area contributed by atoms with Gasteiger partial charge in [0.15, 0.2) is 6.10 Å². The zero-order chi connectivity index (χ0) is 14.8. The maximum Gasteiger partial charge on any atom is 0.336 e. The lowest BCUT2D eigenvalue weighted by atomic mass is 9.67. The second-order valence-electron chi connectivity index (χ2n) is 5.85. The number of carbonyl (C=O) groups is 3. The highest BCUT2D eigenvalue weighted by molar-refractivity contribution is 5.99. The van der Waals surface area contributed by atoms with Crippen LogP contribution in [0.4, 0.5) is 0 Å². The van der Waals surface area contributed by atoms with Gasteiger partial charge in [0.1, 0.15) is 0 Å². The lowest BCUT2D eigenvalue weighted by Gasteiger charge is -2.42. The third-order valence-corrected chi connectivity index (χ3v) is 4.40. The Kier molecular flexibility index (Phi) is 4.42. The first-order valence-electron chi connectivity index (χ1n) is 7.06. The molecule has 1 aliphatic heterocycles. The van der Waals surface area contributed by atoms with Crippen molar-refractivity contribution in [3.05, 3.63) is 0 Å². The van der Waals surface area contributed by atoms with Crippen LogP contribution in [-0.4, -0.2) is 47.5 Å². The van der Waals surface area contributed by atoms with Crippen molar-refractivity contribution in [2.75, 3.05) is 13.7 Å². The molecule has 1 N–H and O–H groups in total. The van der Waals surface area contributed by atoms with Crippen molar-refractivity contribution < 1.29 is 24.2 Å². The van der Waals surface area contributed by atoms with E-state index in [0.29, 0.717) is 12.8 Å². The molecule has 20 heavy (non-hydrogen) atoms. The van der Waals surface area contributed by atoms with Gasteiger partial charge in [0.2, 0.25) is 11.8 Å². The number of ether oxygens (including phenoxy) is 1. The first-order valence-corrected chi connectivity index (χ1v) is 7.06. The van der Waals surface area contributed by atoms with Gasteiger partial charge in [-0.05, 0) is 18.3 Å². The summed E-state index contributed by atoms with van der Waals surface area (Å²) in [5.41, 5.74) is -0.181. The second kappa shape index (κ2) is 5.91. The van der Waals surface area contributed by atoms with Crippen LogP contribution >= 0.6 is 0 Å². The van der Waals surface area contributed by atoms with Gasteiger partial charge in [0, 0.05) is 12.8 Å². The number of hydrogen-bond acceptors (Lipinski definition) is 5. The third kappa shape index (κ3) is 3.00. The molecule has 2 amide bonds. The van der Waals surface area contributed by atoms with E-state index >= 15 is 0 Å². The molecule has 1 saturated heterocycles. The van der Waals surface area contributed by atoms with Gasteiger partial charge >= 0.3 is 5.97 Å². The van der Waals surface area contributed by atoms with Crippen LogP contribution in [0, 0.1) is 5.41 Å². The number of methoxy groups -OCH3 is 1. The van der Waals surface area contributed by atoms with E-state index in [1.54, 1.807) is 0 Å². The van der Waals surface area contributed by atoms with E-state index in [4.69, 9.17) is 0 Å². The molecule has 1 saturated carbocycles. The number of hydrogen-bond donors (Lipinski definition) is 1. The van der Waals surface area contributed by atoms with E-state index in [-0.39, 0.29) is 23.8 Å². The van der Waals surface area contributed by atoms with Crippen LogP contribution < -0.4 is 0 Å². The molecule has 2 rings (SSSR count). The van der Waals surface area contributed by atoms with E-state index in [1.807, 2.05) is 0 Å². The Labute approximate surface area is 118 Å². The maximum atomic E-state index is 12.2. The number of nitrogens with zero attached hydrogens (tertiary/aromatic N) is 1. The topological polar surface area (TPSA) is 83.9 Å². The summed E-state index contributed by atoms with van der Waals surface area (Å²) in [6.45, 7) is -0.305. The molecule has 1 heterocycles. The summed E-state index contributed by atoms with van der Waals surface area (Å²) in [4.78, 5) is 36.5. The van der Waals surface area contributed by atoms with E-state index in [9.17, 15) is 19.5 Å². The molecule has 2 aliphatic rings. The summed E-state index contributed by atoms with van der Waals surface area (Å²) in [6.07, 6.45) is 4.33. The van der Waals surface area contributed by atoms with Gasteiger partial charge in [-0.1, -0.05) is 19.3 Å². The summed E-state index contributed by atoms with van der Waals surface area (Å²) < 4.78 is 4.40. The molecule has 1 unspecified atom stereocenters. The quantitative estimate of drug-likeness (QED) is 0.606. The number of rotatable bonds is 3. The lowest BCUT2D eigenvalue weighted by molar-refractivity contribution is -0.160. The minimum atomic E-state index is -1.46. The fourth-order valence-corrected chi connectivity index (χ4v) is 3.28. The highest BCUT2D eigenvalue weighted by atomic mass is 16.5. The zero-order valence-corrected chi connectivity index (χ0v) is 11.8. The van der Waals surface area contributed by atoms with Crippen LogP contribution in [-0.2, 0) is 19.1 Å². The molecule has 0 aromatic rings. The molecule has 0 bridgehead atoms. The molecule has 0 aromatic heterocycles. The number of β-amino-alcohol motifs (C(OH)–C–C–N with tert-alkyl or cyclic N) is 1. The van der Waals surface area contributed by atoms with Crippen molar-refractivity contribution in [2.24, 2.45) is 5.41 Å². The van der Waals surface area contributed by atoms with Gasteiger partial charge < -0.3 is 9.84 Å². The molecular formula is C14H21NO5. The van der Waals surface area contributed by atoms with Crippen LogP contribution in [0.1, 0.15) is 44.9 Å². The van der Waals surface area contributed by atoms with Crippen LogP contribution in [0.3, 0.4) is 0 Å². The summed E-state index contributed by atoms with van der Waals surface area (Å²) in [7, 11) is 1.16. The Morgan fingerprint density at radius 2 is 1.80 bits per heavy atom. The highest BCUT2D eigenvalue weighted by Gasteiger charge is 2.44. The number of aliphatic hydroxyl groups is 1. The fourth-order valence-electron chi connectivity index (χ4n) is 3.28.